The molecule has 0 aliphatic carbocycles. The Bertz CT molecular complexity index is 3220. The van der Waals surface area contributed by atoms with Gasteiger partial charge in [-0.15, -0.1) is 0 Å². The van der Waals surface area contributed by atoms with Gasteiger partial charge in [-0.3, -0.25) is 0 Å². The third-order valence-electron chi connectivity index (χ3n) is 11.2. The average Bonchev–Trinajstić information content (AvgIpc) is 3.65. The Hall–Kier alpha value is -7.42. The first-order valence-electron chi connectivity index (χ1n) is 19.2. The maximum Gasteiger partial charge on any atom is 0.136 e. The van der Waals surface area contributed by atoms with Crippen molar-refractivity contribution in [1.29, 1.82) is 0 Å². The van der Waals surface area contributed by atoms with Crippen LogP contribution in [0.1, 0.15) is 0 Å². The van der Waals surface area contributed by atoms with Gasteiger partial charge in [0, 0.05) is 27.8 Å². The summed E-state index contributed by atoms with van der Waals surface area (Å²) in [5.41, 5.74) is 12.1. The fourth-order valence-electron chi connectivity index (χ4n) is 8.59. The van der Waals surface area contributed by atoms with Crippen LogP contribution >= 0.6 is 0 Å². The lowest BCUT2D eigenvalue weighted by atomic mass is 9.93. The fourth-order valence-corrected chi connectivity index (χ4v) is 8.59. The minimum Gasteiger partial charge on any atom is -0.456 e. The van der Waals surface area contributed by atoms with Crippen molar-refractivity contribution < 1.29 is 4.42 Å². The molecule has 0 N–H and O–H groups in total. The Morgan fingerprint density at radius 3 is 1.46 bits per heavy atom. The van der Waals surface area contributed by atoms with Gasteiger partial charge in [0.25, 0.3) is 0 Å². The van der Waals surface area contributed by atoms with E-state index in [1.54, 1.807) is 0 Å². The van der Waals surface area contributed by atoms with Gasteiger partial charge in [-0.1, -0.05) is 158 Å². The highest BCUT2D eigenvalue weighted by Gasteiger charge is 2.19. The molecule has 0 aliphatic rings. The summed E-state index contributed by atoms with van der Waals surface area (Å²) in [6, 6.07) is 76.3. The van der Waals surface area contributed by atoms with Crippen molar-refractivity contribution in [3.63, 3.8) is 0 Å². The molecule has 1 aromatic heterocycles. The molecule has 56 heavy (non-hydrogen) atoms. The second kappa shape index (κ2) is 13.2. The van der Waals surface area contributed by atoms with Crippen molar-refractivity contribution in [2.75, 3.05) is 4.90 Å². The van der Waals surface area contributed by atoms with Gasteiger partial charge in [0.2, 0.25) is 0 Å². The van der Waals surface area contributed by atoms with Crippen LogP contribution in [0.25, 0.3) is 87.6 Å². The normalized spacial score (nSPS) is 11.6. The number of anilines is 3. The van der Waals surface area contributed by atoms with E-state index in [0.29, 0.717) is 0 Å². The lowest BCUT2D eigenvalue weighted by molar-refractivity contribution is 0.669. The van der Waals surface area contributed by atoms with Crippen molar-refractivity contribution in [2.24, 2.45) is 0 Å². The molecule has 0 aliphatic heterocycles. The second-order valence-electron chi connectivity index (χ2n) is 14.5. The molecule has 0 fully saturated rings. The molecule has 11 rings (SSSR count). The minimum absolute atomic E-state index is 0.872. The van der Waals surface area contributed by atoms with Gasteiger partial charge in [-0.25, -0.2) is 0 Å². The summed E-state index contributed by atoms with van der Waals surface area (Å²) in [5, 5.41) is 9.68. The molecule has 0 saturated carbocycles. The summed E-state index contributed by atoms with van der Waals surface area (Å²) < 4.78 is 6.65. The van der Waals surface area contributed by atoms with Crippen LogP contribution in [0.5, 0.6) is 0 Å². The van der Waals surface area contributed by atoms with E-state index in [1.807, 2.05) is 0 Å². The molecule has 2 heteroatoms. The summed E-state index contributed by atoms with van der Waals surface area (Å²) in [5.74, 6) is 0. The van der Waals surface area contributed by atoms with Crippen LogP contribution in [0, 0.1) is 0 Å². The molecular weight excluding hydrogens is 679 g/mol. The quantitative estimate of drug-likeness (QED) is 0.160. The van der Waals surface area contributed by atoms with Gasteiger partial charge in [0.15, 0.2) is 0 Å². The lowest BCUT2D eigenvalue weighted by Crippen LogP contribution is -2.09. The number of benzene rings is 10. The Labute approximate surface area is 325 Å². The SMILES string of the molecule is c1ccc(-c2ccc(N(c3ccc(-c4cc5ccccc5c5ccccc45)cc3)c3ccc4oc5cc(-c6ccccc6)c6ccccc6c5c4c3)cc2)cc1. The van der Waals surface area contributed by atoms with Crippen molar-refractivity contribution in [1.82, 2.24) is 0 Å². The van der Waals surface area contributed by atoms with Crippen LogP contribution in [0.2, 0.25) is 0 Å². The first kappa shape index (κ1) is 32.0. The molecule has 1 heterocycles. The third-order valence-corrected chi connectivity index (χ3v) is 11.2. The van der Waals surface area contributed by atoms with Gasteiger partial charge in [0.1, 0.15) is 11.2 Å². The smallest absolute Gasteiger partial charge is 0.136 e. The number of rotatable bonds is 6. The molecule has 0 atom stereocenters. The Balaban J connectivity index is 1.08. The Morgan fingerprint density at radius 2 is 0.768 bits per heavy atom. The molecule has 0 unspecified atom stereocenters. The van der Waals surface area contributed by atoms with Crippen LogP contribution < -0.4 is 4.90 Å². The highest BCUT2D eigenvalue weighted by molar-refractivity contribution is 6.22. The second-order valence-corrected chi connectivity index (χ2v) is 14.5. The number of hydrogen-bond acceptors (Lipinski definition) is 2. The van der Waals surface area contributed by atoms with E-state index in [-0.39, 0.29) is 0 Å². The molecule has 10 aromatic carbocycles. The first-order chi connectivity index (χ1) is 27.8. The van der Waals surface area contributed by atoms with Gasteiger partial charge >= 0.3 is 0 Å². The summed E-state index contributed by atoms with van der Waals surface area (Å²) in [6.45, 7) is 0. The summed E-state index contributed by atoms with van der Waals surface area (Å²) in [4.78, 5) is 2.36. The molecule has 0 spiro atoms. The van der Waals surface area contributed by atoms with E-state index in [9.17, 15) is 0 Å². The third kappa shape index (κ3) is 5.34. The molecule has 0 amide bonds. The predicted octanol–water partition coefficient (Wildman–Crippen LogP) is 15.5. The van der Waals surface area contributed by atoms with Crippen LogP contribution in [-0.2, 0) is 0 Å². The predicted molar refractivity (Wildman–Crippen MR) is 237 cm³/mol. The fraction of sp³-hybridized carbons (Fsp3) is 0. The molecule has 11 aromatic rings. The summed E-state index contributed by atoms with van der Waals surface area (Å²) >= 11 is 0. The zero-order chi connectivity index (χ0) is 37.0. The van der Waals surface area contributed by atoms with Crippen LogP contribution in [0.3, 0.4) is 0 Å². The van der Waals surface area contributed by atoms with Gasteiger partial charge in [-0.2, -0.15) is 0 Å². The van der Waals surface area contributed by atoms with E-state index >= 15 is 0 Å². The molecule has 262 valence electrons. The monoisotopic (exact) mass is 713 g/mol. The van der Waals surface area contributed by atoms with E-state index in [4.69, 9.17) is 4.42 Å². The number of hydrogen-bond donors (Lipinski definition) is 0. The molecule has 0 bridgehead atoms. The molecule has 0 radical (unpaired) electrons. The summed E-state index contributed by atoms with van der Waals surface area (Å²) in [6.07, 6.45) is 0. The Morgan fingerprint density at radius 1 is 0.286 bits per heavy atom. The van der Waals surface area contributed by atoms with Crippen LogP contribution in [0.4, 0.5) is 17.1 Å². The highest BCUT2D eigenvalue weighted by Crippen LogP contribution is 2.44. The maximum atomic E-state index is 6.65. The van der Waals surface area contributed by atoms with Crippen LogP contribution in [-0.4, -0.2) is 0 Å². The highest BCUT2D eigenvalue weighted by atomic mass is 16.3. The zero-order valence-corrected chi connectivity index (χ0v) is 30.6. The molecule has 0 saturated heterocycles. The first-order valence-corrected chi connectivity index (χ1v) is 19.2. The molecular formula is C54H35NO. The Kier molecular flexibility index (Phi) is 7.53. The van der Waals surface area contributed by atoms with Crippen molar-refractivity contribution >= 4 is 71.3 Å². The number of furan rings is 1. The zero-order valence-electron chi connectivity index (χ0n) is 30.6. The minimum atomic E-state index is 0.872. The summed E-state index contributed by atoms with van der Waals surface area (Å²) in [7, 11) is 0. The van der Waals surface area contributed by atoms with Crippen molar-refractivity contribution in [2.45, 2.75) is 0 Å². The van der Waals surface area contributed by atoms with E-state index in [2.05, 4.69) is 217 Å². The van der Waals surface area contributed by atoms with E-state index in [0.717, 1.165) is 39.0 Å². The topological polar surface area (TPSA) is 16.4 Å². The van der Waals surface area contributed by atoms with Gasteiger partial charge < -0.3 is 9.32 Å². The standard InChI is InChI=1S/C54H35NO/c1-3-13-36(14-4-1)37-23-27-41(28-24-37)55(42-29-25-39(26-30-42)49-33-40-17-7-8-18-44(40)45-19-9-10-20-46(45)49)43-31-32-52-51(34-43)54-48-22-12-11-21-47(48)50(35-53(54)56-52)38-15-5-2-6-16-38/h1-35H. The largest absolute Gasteiger partial charge is 0.456 e. The lowest BCUT2D eigenvalue weighted by Gasteiger charge is -2.26. The number of fused-ring (bicyclic) bond motifs is 8. The van der Waals surface area contributed by atoms with Crippen molar-refractivity contribution in [3.8, 4) is 33.4 Å². The van der Waals surface area contributed by atoms with Crippen molar-refractivity contribution in [3.05, 3.63) is 212 Å². The number of nitrogens with zero attached hydrogens (tertiary/aromatic N) is 1. The van der Waals surface area contributed by atoms with Gasteiger partial charge in [0.05, 0.1) is 0 Å². The molecule has 2 nitrogen and oxygen atoms in total. The van der Waals surface area contributed by atoms with Crippen LogP contribution in [0.15, 0.2) is 217 Å². The van der Waals surface area contributed by atoms with E-state index in [1.165, 1.54) is 65.7 Å². The van der Waals surface area contributed by atoms with E-state index < -0.39 is 0 Å². The average molecular weight is 714 g/mol. The van der Waals surface area contributed by atoms with Gasteiger partial charge in [-0.05, 0) is 120 Å². The maximum absolute atomic E-state index is 6.65.